The van der Waals surface area contributed by atoms with E-state index >= 15 is 0 Å². The molecule has 0 aromatic heterocycles. The predicted octanol–water partition coefficient (Wildman–Crippen LogP) is 2.93. The van der Waals surface area contributed by atoms with Crippen LogP contribution in [0.15, 0.2) is 72.8 Å². The third-order valence-electron chi connectivity index (χ3n) is 4.87. The van der Waals surface area contributed by atoms with Gasteiger partial charge in [0.1, 0.15) is 18.1 Å². The molecule has 0 aliphatic rings. The molecule has 9 nitrogen and oxygen atoms in total. The fourth-order valence-electron chi connectivity index (χ4n) is 3.07. The summed E-state index contributed by atoms with van der Waals surface area (Å²) in [7, 11) is 1.23. The third-order valence-corrected chi connectivity index (χ3v) is 4.87. The minimum Gasteiger partial charge on any atom is -0.483 e. The zero-order valence-electron chi connectivity index (χ0n) is 19.4. The number of carbonyl (C=O) groups excluding carboxylic acids is 4. The molecule has 3 aromatic rings. The van der Waals surface area contributed by atoms with Crippen molar-refractivity contribution in [2.45, 2.75) is 6.42 Å². The summed E-state index contributed by atoms with van der Waals surface area (Å²) >= 11 is 0. The molecule has 0 atom stereocenters. The van der Waals surface area contributed by atoms with Crippen LogP contribution < -0.4 is 20.7 Å². The molecule has 3 amide bonds. The number of esters is 1. The highest BCUT2D eigenvalue weighted by molar-refractivity contribution is 6.06. The number of para-hydroxylation sites is 2. The van der Waals surface area contributed by atoms with Gasteiger partial charge in [0.2, 0.25) is 5.91 Å². The van der Waals surface area contributed by atoms with Crippen LogP contribution in [0.25, 0.3) is 0 Å². The summed E-state index contributed by atoms with van der Waals surface area (Å²) in [6, 6.07) is 18.7. The lowest BCUT2D eigenvalue weighted by Crippen LogP contribution is -2.31. The van der Waals surface area contributed by atoms with Crippen molar-refractivity contribution in [3.63, 3.8) is 0 Å². The zero-order valence-corrected chi connectivity index (χ0v) is 19.4. The lowest BCUT2D eigenvalue weighted by molar-refractivity contribution is -0.141. The standard InChI is InChI=1S/C26H24FN3O6/c1-35-25(33)15-28-23(31)14-17-10-12-18(13-11-17)29-26(34)19-6-2-5-9-22(19)36-16-24(32)30-21-8-4-3-7-20(21)27/h2-13H,14-16H2,1H3,(H,28,31)(H,29,34)(H,30,32). The molecule has 0 fully saturated rings. The summed E-state index contributed by atoms with van der Waals surface area (Å²) in [5, 5.41) is 7.59. The van der Waals surface area contributed by atoms with E-state index in [-0.39, 0.29) is 35.9 Å². The quantitative estimate of drug-likeness (QED) is 0.373. The molecule has 3 rings (SSSR count). The summed E-state index contributed by atoms with van der Waals surface area (Å²) < 4.78 is 23.7. The summed E-state index contributed by atoms with van der Waals surface area (Å²) in [5.41, 5.74) is 1.38. The first kappa shape index (κ1) is 25.9. The Hall–Kier alpha value is -4.73. The predicted molar refractivity (Wildman–Crippen MR) is 130 cm³/mol. The van der Waals surface area contributed by atoms with Crippen LogP contribution in [0.5, 0.6) is 5.75 Å². The van der Waals surface area contributed by atoms with Crippen molar-refractivity contribution in [3.8, 4) is 5.75 Å². The van der Waals surface area contributed by atoms with Crippen molar-refractivity contribution >= 4 is 35.1 Å². The molecule has 0 saturated carbocycles. The Labute approximate surface area is 206 Å². The molecule has 3 N–H and O–H groups in total. The fourth-order valence-corrected chi connectivity index (χ4v) is 3.07. The van der Waals surface area contributed by atoms with Crippen LogP contribution in [-0.2, 0) is 25.5 Å². The lowest BCUT2D eigenvalue weighted by Gasteiger charge is -2.12. The maximum Gasteiger partial charge on any atom is 0.325 e. The third kappa shape index (κ3) is 7.66. The van der Waals surface area contributed by atoms with Gasteiger partial charge in [-0.1, -0.05) is 36.4 Å². The number of halogens is 1. The van der Waals surface area contributed by atoms with Gasteiger partial charge in [-0.3, -0.25) is 19.2 Å². The fraction of sp³-hybridized carbons (Fsp3) is 0.154. The van der Waals surface area contributed by atoms with Crippen molar-refractivity contribution < 1.29 is 33.0 Å². The van der Waals surface area contributed by atoms with Crippen molar-refractivity contribution in [1.29, 1.82) is 0 Å². The first-order valence-electron chi connectivity index (χ1n) is 10.9. The van der Waals surface area contributed by atoms with Gasteiger partial charge in [-0.25, -0.2) is 4.39 Å². The van der Waals surface area contributed by atoms with Gasteiger partial charge < -0.3 is 25.4 Å². The van der Waals surface area contributed by atoms with E-state index in [1.54, 1.807) is 54.6 Å². The van der Waals surface area contributed by atoms with E-state index in [0.29, 0.717) is 11.3 Å². The Balaban J connectivity index is 1.55. The van der Waals surface area contributed by atoms with Crippen LogP contribution in [0.2, 0.25) is 0 Å². The number of nitrogens with one attached hydrogen (secondary N) is 3. The molecule has 3 aromatic carbocycles. The number of benzene rings is 3. The second-order valence-electron chi connectivity index (χ2n) is 7.49. The molecule has 0 unspecified atom stereocenters. The normalized spacial score (nSPS) is 10.2. The zero-order chi connectivity index (χ0) is 25.9. The maximum absolute atomic E-state index is 13.7. The van der Waals surface area contributed by atoms with E-state index in [4.69, 9.17) is 4.74 Å². The van der Waals surface area contributed by atoms with Gasteiger partial charge in [0.05, 0.1) is 24.8 Å². The summed E-state index contributed by atoms with van der Waals surface area (Å²) in [5.74, 6) is -2.33. The van der Waals surface area contributed by atoms with Crippen molar-refractivity contribution in [2.75, 3.05) is 30.9 Å². The molecular formula is C26H24FN3O6. The first-order valence-corrected chi connectivity index (χ1v) is 10.9. The van der Waals surface area contributed by atoms with Gasteiger partial charge >= 0.3 is 5.97 Å². The topological polar surface area (TPSA) is 123 Å². The van der Waals surface area contributed by atoms with Crippen molar-refractivity contribution in [1.82, 2.24) is 5.32 Å². The van der Waals surface area contributed by atoms with Crippen LogP contribution in [0.3, 0.4) is 0 Å². The number of ether oxygens (including phenoxy) is 2. The molecule has 0 spiro atoms. The van der Waals surface area contributed by atoms with Crippen molar-refractivity contribution in [3.05, 3.63) is 89.7 Å². The Morgan fingerprint density at radius 3 is 2.25 bits per heavy atom. The highest BCUT2D eigenvalue weighted by Crippen LogP contribution is 2.20. The van der Waals surface area contributed by atoms with E-state index in [1.807, 2.05) is 0 Å². The van der Waals surface area contributed by atoms with E-state index in [0.717, 1.165) is 0 Å². The maximum atomic E-state index is 13.7. The molecule has 186 valence electrons. The number of amides is 3. The molecule has 0 bridgehead atoms. The SMILES string of the molecule is COC(=O)CNC(=O)Cc1ccc(NC(=O)c2ccccc2OCC(=O)Nc2ccccc2F)cc1. The number of hydrogen-bond acceptors (Lipinski definition) is 6. The monoisotopic (exact) mass is 493 g/mol. The van der Waals surface area contributed by atoms with Gasteiger partial charge in [-0.15, -0.1) is 0 Å². The number of carbonyl (C=O) groups is 4. The Morgan fingerprint density at radius 2 is 1.53 bits per heavy atom. The average Bonchev–Trinajstić information content (AvgIpc) is 2.88. The minimum absolute atomic E-state index is 0.0292. The highest BCUT2D eigenvalue weighted by Gasteiger charge is 2.15. The highest BCUT2D eigenvalue weighted by atomic mass is 19.1. The van der Waals surface area contributed by atoms with Crippen LogP contribution in [0.1, 0.15) is 15.9 Å². The number of anilines is 2. The van der Waals surface area contributed by atoms with Gasteiger partial charge in [0.15, 0.2) is 6.61 Å². The Morgan fingerprint density at radius 1 is 0.833 bits per heavy atom. The van der Waals surface area contributed by atoms with Crippen LogP contribution >= 0.6 is 0 Å². The largest absolute Gasteiger partial charge is 0.483 e. The first-order chi connectivity index (χ1) is 17.4. The van der Waals surface area contributed by atoms with Crippen LogP contribution in [-0.4, -0.2) is 44.0 Å². The van der Waals surface area contributed by atoms with E-state index in [9.17, 15) is 23.6 Å². The van der Waals surface area contributed by atoms with E-state index in [2.05, 4.69) is 20.7 Å². The molecule has 36 heavy (non-hydrogen) atoms. The van der Waals surface area contributed by atoms with Gasteiger partial charge in [-0.05, 0) is 42.0 Å². The van der Waals surface area contributed by atoms with Gasteiger partial charge in [-0.2, -0.15) is 0 Å². The van der Waals surface area contributed by atoms with E-state index < -0.39 is 30.2 Å². The van der Waals surface area contributed by atoms with Crippen molar-refractivity contribution in [2.24, 2.45) is 0 Å². The Kier molecular flexibility index (Phi) is 9.10. The molecule has 0 aliphatic carbocycles. The summed E-state index contributed by atoms with van der Waals surface area (Å²) in [6.45, 7) is -0.638. The smallest absolute Gasteiger partial charge is 0.325 e. The van der Waals surface area contributed by atoms with E-state index in [1.165, 1.54) is 25.3 Å². The molecule has 0 heterocycles. The van der Waals surface area contributed by atoms with Crippen LogP contribution in [0, 0.1) is 5.82 Å². The summed E-state index contributed by atoms with van der Waals surface area (Å²) in [4.78, 5) is 48.0. The molecule has 0 aliphatic heterocycles. The lowest BCUT2D eigenvalue weighted by atomic mass is 10.1. The number of methoxy groups -OCH3 is 1. The van der Waals surface area contributed by atoms with Gasteiger partial charge in [0, 0.05) is 5.69 Å². The minimum atomic E-state index is -0.582. The summed E-state index contributed by atoms with van der Waals surface area (Å²) in [6.07, 6.45) is 0.0524. The number of rotatable bonds is 10. The van der Waals surface area contributed by atoms with Crippen LogP contribution in [0.4, 0.5) is 15.8 Å². The molecule has 0 radical (unpaired) electrons. The molecule has 10 heteroatoms. The molecule has 0 saturated heterocycles. The second kappa shape index (κ2) is 12.7. The average molecular weight is 493 g/mol. The van der Waals surface area contributed by atoms with Gasteiger partial charge in [0.25, 0.3) is 11.8 Å². The Bertz CT molecular complexity index is 1250. The molecular weight excluding hydrogens is 469 g/mol. The second-order valence-corrected chi connectivity index (χ2v) is 7.49. The number of hydrogen-bond donors (Lipinski definition) is 3.